The van der Waals surface area contributed by atoms with E-state index in [9.17, 15) is 9.59 Å². The zero-order valence-electron chi connectivity index (χ0n) is 15.4. The van der Waals surface area contributed by atoms with Gasteiger partial charge >= 0.3 is 5.97 Å². The summed E-state index contributed by atoms with van der Waals surface area (Å²) in [4.78, 5) is 25.6. The largest absolute Gasteiger partial charge is 0.469 e. The molecular formula is C22H27NO3. The van der Waals surface area contributed by atoms with Crippen LogP contribution in [0.3, 0.4) is 0 Å². The molecular weight excluding hydrogens is 326 g/mol. The highest BCUT2D eigenvalue weighted by Gasteiger charge is 2.60. The molecule has 5 fully saturated rings. The topological polar surface area (TPSA) is 55.4 Å². The van der Waals surface area contributed by atoms with Gasteiger partial charge in [-0.25, -0.2) is 0 Å². The van der Waals surface area contributed by atoms with Crippen LogP contribution in [-0.2, 0) is 19.7 Å². The summed E-state index contributed by atoms with van der Waals surface area (Å²) < 4.78 is 5.15. The van der Waals surface area contributed by atoms with Crippen molar-refractivity contribution in [1.82, 2.24) is 5.32 Å². The number of benzene rings is 1. The number of ether oxygens (including phenoxy) is 1. The van der Waals surface area contributed by atoms with Crippen molar-refractivity contribution in [3.63, 3.8) is 0 Å². The van der Waals surface area contributed by atoms with E-state index in [1.807, 2.05) is 18.2 Å². The lowest BCUT2D eigenvalue weighted by Crippen LogP contribution is -2.62. The fourth-order valence-corrected chi connectivity index (χ4v) is 6.55. The third-order valence-corrected chi connectivity index (χ3v) is 7.70. The minimum absolute atomic E-state index is 0.0235. The molecule has 5 atom stereocenters. The van der Waals surface area contributed by atoms with Crippen LogP contribution in [0.5, 0.6) is 0 Å². The average molecular weight is 353 g/mol. The van der Waals surface area contributed by atoms with Gasteiger partial charge in [-0.2, -0.15) is 0 Å². The molecule has 1 aromatic carbocycles. The van der Waals surface area contributed by atoms with Crippen molar-refractivity contribution in [3.05, 3.63) is 35.9 Å². The highest BCUT2D eigenvalue weighted by Crippen LogP contribution is 2.60. The Hall–Kier alpha value is -1.84. The fourth-order valence-electron chi connectivity index (χ4n) is 6.55. The normalized spacial score (nSPS) is 38.7. The zero-order valence-corrected chi connectivity index (χ0v) is 15.4. The summed E-state index contributed by atoms with van der Waals surface area (Å²) in [5, 5.41) is 3.45. The predicted molar refractivity (Wildman–Crippen MR) is 97.3 cm³/mol. The third kappa shape index (κ3) is 2.27. The molecule has 0 spiro atoms. The second kappa shape index (κ2) is 5.58. The Labute approximate surface area is 154 Å². The lowest BCUT2D eigenvalue weighted by atomic mass is 9.48. The Morgan fingerprint density at radius 1 is 1.04 bits per heavy atom. The van der Waals surface area contributed by atoms with E-state index in [0.29, 0.717) is 17.8 Å². The van der Waals surface area contributed by atoms with E-state index in [0.717, 1.165) is 50.5 Å². The molecule has 0 radical (unpaired) electrons. The first kappa shape index (κ1) is 16.3. The molecule has 4 bridgehead atoms. The minimum atomic E-state index is -0.310. The maximum absolute atomic E-state index is 13.2. The second-order valence-electron chi connectivity index (χ2n) is 9.19. The van der Waals surface area contributed by atoms with Gasteiger partial charge in [-0.05, 0) is 68.3 Å². The average Bonchev–Trinajstić information content (AvgIpc) is 3.46. The molecule has 0 saturated heterocycles. The van der Waals surface area contributed by atoms with Crippen molar-refractivity contribution in [1.29, 1.82) is 0 Å². The van der Waals surface area contributed by atoms with Gasteiger partial charge in [0.05, 0.1) is 17.9 Å². The number of rotatable bonds is 4. The SMILES string of the molecule is COC(=O)C12CC3C[C@H](C1)C(NC(=O)C1(c4ccccc4)CC1)[C@@H](C3)C2. The van der Waals surface area contributed by atoms with Crippen LogP contribution in [0.25, 0.3) is 0 Å². The summed E-state index contributed by atoms with van der Waals surface area (Å²) in [5.74, 6) is 1.66. The van der Waals surface area contributed by atoms with Gasteiger partial charge in [-0.1, -0.05) is 30.3 Å². The highest BCUT2D eigenvalue weighted by molar-refractivity contribution is 5.91. The number of methoxy groups -OCH3 is 1. The Morgan fingerprint density at radius 3 is 2.27 bits per heavy atom. The maximum Gasteiger partial charge on any atom is 0.311 e. The van der Waals surface area contributed by atoms with Gasteiger partial charge in [0.1, 0.15) is 0 Å². The Kier molecular flexibility index (Phi) is 3.51. The molecule has 0 aromatic heterocycles. The highest BCUT2D eigenvalue weighted by atomic mass is 16.5. The number of carbonyl (C=O) groups excluding carboxylic acids is 2. The molecule has 1 aromatic rings. The summed E-state index contributed by atoms with van der Waals surface area (Å²) in [5.41, 5.74) is 0.562. The zero-order chi connectivity index (χ0) is 17.9. The van der Waals surface area contributed by atoms with Crippen LogP contribution in [0.1, 0.15) is 50.5 Å². The molecule has 1 amide bonds. The Morgan fingerprint density at radius 2 is 1.69 bits per heavy atom. The number of amides is 1. The molecule has 3 unspecified atom stereocenters. The molecule has 26 heavy (non-hydrogen) atoms. The van der Waals surface area contributed by atoms with Crippen LogP contribution in [0.15, 0.2) is 30.3 Å². The first-order valence-electron chi connectivity index (χ1n) is 10.0. The molecule has 5 saturated carbocycles. The number of hydrogen-bond donors (Lipinski definition) is 1. The molecule has 4 nitrogen and oxygen atoms in total. The summed E-state index contributed by atoms with van der Waals surface area (Å²) in [7, 11) is 1.51. The van der Waals surface area contributed by atoms with Gasteiger partial charge in [0.25, 0.3) is 0 Å². The molecule has 138 valence electrons. The lowest BCUT2D eigenvalue weighted by molar-refractivity contribution is -0.171. The minimum Gasteiger partial charge on any atom is -0.469 e. The van der Waals surface area contributed by atoms with Crippen molar-refractivity contribution < 1.29 is 14.3 Å². The van der Waals surface area contributed by atoms with Crippen LogP contribution in [-0.4, -0.2) is 25.0 Å². The maximum atomic E-state index is 13.2. The van der Waals surface area contributed by atoms with Crippen LogP contribution in [0, 0.1) is 23.2 Å². The molecule has 4 heteroatoms. The summed E-state index contributed by atoms with van der Waals surface area (Å²) in [6, 6.07) is 10.4. The first-order chi connectivity index (χ1) is 12.6. The number of hydrogen-bond acceptors (Lipinski definition) is 3. The quantitative estimate of drug-likeness (QED) is 0.846. The van der Waals surface area contributed by atoms with Gasteiger partial charge in [0.2, 0.25) is 5.91 Å². The summed E-state index contributed by atoms with van der Waals surface area (Å²) in [6.07, 6.45) is 6.95. The van der Waals surface area contributed by atoms with Gasteiger partial charge in [0, 0.05) is 6.04 Å². The summed E-state index contributed by atoms with van der Waals surface area (Å²) in [6.45, 7) is 0. The third-order valence-electron chi connectivity index (χ3n) is 7.70. The second-order valence-corrected chi connectivity index (χ2v) is 9.19. The monoisotopic (exact) mass is 353 g/mol. The van der Waals surface area contributed by atoms with Crippen molar-refractivity contribution >= 4 is 11.9 Å². The lowest BCUT2D eigenvalue weighted by Gasteiger charge is -2.58. The van der Waals surface area contributed by atoms with Crippen molar-refractivity contribution in [2.45, 2.75) is 56.4 Å². The predicted octanol–water partition coefficient (Wildman–Crippen LogP) is 3.20. The molecule has 5 aliphatic carbocycles. The van der Waals surface area contributed by atoms with Crippen molar-refractivity contribution in [3.8, 4) is 0 Å². The van der Waals surface area contributed by atoms with Crippen LogP contribution in [0.2, 0.25) is 0 Å². The van der Waals surface area contributed by atoms with Crippen molar-refractivity contribution in [2.75, 3.05) is 7.11 Å². The smallest absolute Gasteiger partial charge is 0.311 e. The number of nitrogens with one attached hydrogen (secondary N) is 1. The van der Waals surface area contributed by atoms with Crippen LogP contribution >= 0.6 is 0 Å². The standard InChI is InChI=1S/C22H27NO3/c1-26-20(25)21-11-14-9-15(12-21)18(16(10-14)13-21)23-19(24)22(7-8-22)17-5-3-2-4-6-17/h2-6,14-16,18H,7-13H2,1H3,(H,23,24)/t14?,15-,16+,18?,21?. The van der Waals surface area contributed by atoms with E-state index >= 15 is 0 Å². The van der Waals surface area contributed by atoms with E-state index in [1.54, 1.807) is 0 Å². The molecule has 0 aliphatic heterocycles. The van der Waals surface area contributed by atoms with E-state index in [-0.39, 0.29) is 28.7 Å². The van der Waals surface area contributed by atoms with Gasteiger partial charge in [-0.3, -0.25) is 9.59 Å². The van der Waals surface area contributed by atoms with E-state index in [2.05, 4.69) is 17.4 Å². The molecule has 6 rings (SSSR count). The van der Waals surface area contributed by atoms with E-state index in [1.165, 1.54) is 7.11 Å². The van der Waals surface area contributed by atoms with Gasteiger partial charge < -0.3 is 10.1 Å². The molecule has 1 N–H and O–H groups in total. The number of carbonyl (C=O) groups is 2. The van der Waals surface area contributed by atoms with E-state index in [4.69, 9.17) is 4.74 Å². The molecule has 0 heterocycles. The Bertz CT molecular complexity index is 723. The Balaban J connectivity index is 1.35. The molecule has 5 aliphatic rings. The fraction of sp³-hybridized carbons (Fsp3) is 0.636. The van der Waals surface area contributed by atoms with Crippen LogP contribution in [0.4, 0.5) is 0 Å². The van der Waals surface area contributed by atoms with Gasteiger partial charge in [-0.15, -0.1) is 0 Å². The van der Waals surface area contributed by atoms with Gasteiger partial charge in [0.15, 0.2) is 0 Å². The first-order valence-corrected chi connectivity index (χ1v) is 10.0. The van der Waals surface area contributed by atoms with Crippen LogP contribution < -0.4 is 5.32 Å². The number of esters is 1. The summed E-state index contributed by atoms with van der Waals surface area (Å²) >= 11 is 0. The van der Waals surface area contributed by atoms with Crippen molar-refractivity contribution in [2.24, 2.45) is 23.2 Å². The van der Waals surface area contributed by atoms with E-state index < -0.39 is 0 Å².